The van der Waals surface area contributed by atoms with Gasteiger partial charge >= 0.3 is 5.97 Å². The molecule has 8 atom stereocenters. The number of esters is 1. The molecular weight excluding hydrogens is 400 g/mol. The van der Waals surface area contributed by atoms with Gasteiger partial charge in [0.1, 0.15) is 18.3 Å². The lowest BCUT2D eigenvalue weighted by molar-refractivity contribution is -0.196. The third-order valence-electron chi connectivity index (χ3n) is 9.16. The lowest BCUT2D eigenvalue weighted by Gasteiger charge is -2.61. The highest BCUT2D eigenvalue weighted by molar-refractivity contribution is 5.93. The van der Waals surface area contributed by atoms with Crippen LogP contribution in [0.3, 0.4) is 0 Å². The molecule has 0 aliphatic heterocycles. The number of aliphatic hydroxyl groups is 3. The van der Waals surface area contributed by atoms with Gasteiger partial charge in [0.15, 0.2) is 11.6 Å². The minimum atomic E-state index is -1.66. The Morgan fingerprint density at radius 1 is 1.32 bits per heavy atom. The number of ether oxygens (including phenoxy) is 1. The van der Waals surface area contributed by atoms with Gasteiger partial charge in [-0.15, -0.1) is 0 Å². The van der Waals surface area contributed by atoms with Gasteiger partial charge in [-0.1, -0.05) is 26.0 Å². The number of carbonyl (C=O) groups excluding carboxylic acids is 3. The predicted octanol–water partition coefficient (Wildman–Crippen LogP) is 1.49. The molecule has 170 valence electrons. The maximum atomic E-state index is 12.5. The number of hydrogen-bond donors (Lipinski definition) is 3. The smallest absolute Gasteiger partial charge is 0.330 e. The van der Waals surface area contributed by atoms with Gasteiger partial charge < -0.3 is 20.1 Å². The highest BCUT2D eigenvalue weighted by Crippen LogP contribution is 2.67. The largest absolute Gasteiger partial charge is 0.458 e. The van der Waals surface area contributed by atoms with Crippen LogP contribution >= 0.6 is 0 Å². The Labute approximate surface area is 182 Å². The minimum absolute atomic E-state index is 0.00504. The van der Waals surface area contributed by atoms with Gasteiger partial charge in [-0.05, 0) is 50.0 Å². The second kappa shape index (κ2) is 7.36. The second-order valence-corrected chi connectivity index (χ2v) is 10.3. The normalized spacial score (nSPS) is 46.3. The third kappa shape index (κ3) is 2.93. The monoisotopic (exact) mass is 432 g/mol. The Morgan fingerprint density at radius 3 is 2.68 bits per heavy atom. The highest BCUT2D eigenvalue weighted by Gasteiger charge is 2.69. The number of hydrogen-bond acceptors (Lipinski definition) is 7. The van der Waals surface area contributed by atoms with E-state index in [-0.39, 0.29) is 42.8 Å². The Bertz CT molecular complexity index is 862. The van der Waals surface area contributed by atoms with Crippen molar-refractivity contribution in [3.8, 4) is 0 Å². The number of fused-ring (bicyclic) bond motifs is 5. The van der Waals surface area contributed by atoms with Crippen LogP contribution in [0.2, 0.25) is 0 Å². The molecule has 3 saturated carbocycles. The Kier molecular flexibility index (Phi) is 5.31. The van der Waals surface area contributed by atoms with E-state index in [1.807, 2.05) is 13.8 Å². The second-order valence-electron chi connectivity index (χ2n) is 10.3. The molecular formula is C24H32O7. The van der Waals surface area contributed by atoms with Crippen molar-refractivity contribution in [3.63, 3.8) is 0 Å². The van der Waals surface area contributed by atoms with Crippen LogP contribution in [-0.2, 0) is 19.1 Å². The molecule has 0 aromatic rings. The van der Waals surface area contributed by atoms with E-state index in [1.54, 1.807) is 6.08 Å². The summed E-state index contributed by atoms with van der Waals surface area (Å²) >= 11 is 0. The SMILES string of the molecule is C=CC(=O)OC1CC(=O)C=C2CC[C@@H]3[C@H]([C@@H](O)C[C@@]4(C)[C@H]3CC[C@]4(O)C(=O)CO)[C@]21C. The van der Waals surface area contributed by atoms with E-state index in [0.29, 0.717) is 12.8 Å². The maximum absolute atomic E-state index is 12.5. The number of ketones is 2. The third-order valence-corrected chi connectivity index (χ3v) is 9.16. The van der Waals surface area contributed by atoms with Gasteiger partial charge in [-0.25, -0.2) is 4.79 Å². The molecule has 0 radical (unpaired) electrons. The van der Waals surface area contributed by atoms with Crippen LogP contribution in [0.4, 0.5) is 0 Å². The summed E-state index contributed by atoms with van der Waals surface area (Å²) in [6.07, 6.45) is 3.69. The van der Waals surface area contributed by atoms with Crippen LogP contribution in [0.1, 0.15) is 52.4 Å². The Morgan fingerprint density at radius 2 is 2.03 bits per heavy atom. The summed E-state index contributed by atoms with van der Waals surface area (Å²) < 4.78 is 5.65. The lowest BCUT2D eigenvalue weighted by Crippen LogP contribution is -2.64. The van der Waals surface area contributed by atoms with E-state index in [9.17, 15) is 29.7 Å². The van der Waals surface area contributed by atoms with Gasteiger partial charge in [0.25, 0.3) is 0 Å². The number of Topliss-reactive ketones (excluding diaryl/α,β-unsaturated/α-hetero) is 1. The van der Waals surface area contributed by atoms with Gasteiger partial charge in [-0.3, -0.25) is 9.59 Å². The zero-order valence-corrected chi connectivity index (χ0v) is 18.2. The fraction of sp³-hybridized carbons (Fsp3) is 0.708. The van der Waals surface area contributed by atoms with Gasteiger partial charge in [0.05, 0.1) is 6.10 Å². The van der Waals surface area contributed by atoms with E-state index in [4.69, 9.17) is 4.74 Å². The van der Waals surface area contributed by atoms with Crippen LogP contribution in [-0.4, -0.2) is 57.3 Å². The fourth-order valence-corrected chi connectivity index (χ4v) is 7.65. The molecule has 7 heteroatoms. The quantitative estimate of drug-likeness (QED) is 0.455. The Hall–Kier alpha value is -1.83. The van der Waals surface area contributed by atoms with Crippen molar-refractivity contribution < 1.29 is 34.4 Å². The first-order valence-corrected chi connectivity index (χ1v) is 11.1. The van der Waals surface area contributed by atoms with Crippen LogP contribution in [0.25, 0.3) is 0 Å². The van der Waals surface area contributed by atoms with E-state index >= 15 is 0 Å². The summed E-state index contributed by atoms with van der Waals surface area (Å²) in [7, 11) is 0. The van der Waals surface area contributed by atoms with E-state index in [1.165, 1.54) is 0 Å². The number of carbonyl (C=O) groups is 3. The highest BCUT2D eigenvalue weighted by atomic mass is 16.5. The zero-order valence-electron chi connectivity index (χ0n) is 18.2. The zero-order chi connectivity index (χ0) is 22.8. The lowest BCUT2D eigenvalue weighted by atomic mass is 9.44. The van der Waals surface area contributed by atoms with E-state index in [0.717, 1.165) is 18.1 Å². The van der Waals surface area contributed by atoms with E-state index in [2.05, 4.69) is 6.58 Å². The predicted molar refractivity (Wildman–Crippen MR) is 111 cm³/mol. The van der Waals surface area contributed by atoms with Crippen LogP contribution in [0.15, 0.2) is 24.3 Å². The molecule has 1 unspecified atom stereocenters. The first-order chi connectivity index (χ1) is 14.5. The van der Waals surface area contributed by atoms with Gasteiger partial charge in [-0.2, -0.15) is 0 Å². The van der Waals surface area contributed by atoms with Crippen molar-refractivity contribution in [2.24, 2.45) is 28.6 Å². The molecule has 7 nitrogen and oxygen atoms in total. The first kappa shape index (κ1) is 22.4. The van der Waals surface area contributed by atoms with Gasteiger partial charge in [0, 0.05) is 29.2 Å². The molecule has 0 aromatic heterocycles. The molecule has 3 fully saturated rings. The standard InChI is InChI=1S/C24H32O7/c1-4-20(29)31-19-10-14(26)9-13-5-6-15-16-7-8-24(30,18(28)12-25)22(16,2)11-17(27)21(15)23(13,19)3/h4,9,15-17,19,21,25,27,30H,1,5-8,10-12H2,2-3H3/t15-,16-,17-,19?,21+,22-,23+,24-/m0/s1. The molecule has 0 heterocycles. The molecule has 0 spiro atoms. The van der Waals surface area contributed by atoms with Crippen molar-refractivity contribution in [1.82, 2.24) is 0 Å². The number of rotatable bonds is 4. The van der Waals surface area contributed by atoms with Crippen LogP contribution in [0.5, 0.6) is 0 Å². The van der Waals surface area contributed by atoms with Crippen molar-refractivity contribution in [3.05, 3.63) is 24.3 Å². The van der Waals surface area contributed by atoms with Crippen LogP contribution in [0, 0.1) is 28.6 Å². The summed E-state index contributed by atoms with van der Waals surface area (Å²) in [6.45, 7) is 6.55. The molecule has 4 aliphatic carbocycles. The summed E-state index contributed by atoms with van der Waals surface area (Å²) in [5.41, 5.74) is -2.32. The summed E-state index contributed by atoms with van der Waals surface area (Å²) in [5, 5.41) is 32.2. The molecule has 0 bridgehead atoms. The summed E-state index contributed by atoms with van der Waals surface area (Å²) in [5.74, 6) is -1.57. The van der Waals surface area contributed by atoms with Crippen molar-refractivity contribution in [2.45, 2.75) is 70.2 Å². The summed E-state index contributed by atoms with van der Waals surface area (Å²) in [6, 6.07) is 0. The van der Waals surface area contributed by atoms with Crippen LogP contribution < -0.4 is 0 Å². The Balaban J connectivity index is 1.76. The maximum Gasteiger partial charge on any atom is 0.330 e. The average Bonchev–Trinajstić information content (AvgIpc) is 2.99. The first-order valence-electron chi connectivity index (χ1n) is 11.1. The van der Waals surface area contributed by atoms with Crippen molar-refractivity contribution in [1.29, 1.82) is 0 Å². The molecule has 31 heavy (non-hydrogen) atoms. The van der Waals surface area contributed by atoms with E-state index < -0.39 is 47.0 Å². The van der Waals surface area contributed by atoms with Crippen molar-refractivity contribution in [2.75, 3.05) is 6.61 Å². The topological polar surface area (TPSA) is 121 Å². The molecule has 4 aliphatic rings. The molecule has 4 rings (SSSR count). The van der Waals surface area contributed by atoms with Crippen molar-refractivity contribution >= 4 is 17.5 Å². The fourth-order valence-electron chi connectivity index (χ4n) is 7.65. The molecule has 3 N–H and O–H groups in total. The summed E-state index contributed by atoms with van der Waals surface area (Å²) in [4.78, 5) is 36.9. The van der Waals surface area contributed by atoms with Gasteiger partial charge in [0.2, 0.25) is 0 Å². The molecule has 0 saturated heterocycles. The number of aliphatic hydroxyl groups excluding tert-OH is 2. The molecule has 0 aromatic carbocycles. The minimum Gasteiger partial charge on any atom is -0.458 e. The average molecular weight is 433 g/mol. The molecule has 0 amide bonds.